The van der Waals surface area contributed by atoms with Crippen molar-refractivity contribution in [3.05, 3.63) is 48.0 Å². The van der Waals surface area contributed by atoms with Gasteiger partial charge in [-0.1, -0.05) is 18.2 Å². The first-order chi connectivity index (χ1) is 10.0. The number of anilines is 3. The molecule has 0 aliphatic heterocycles. The lowest BCUT2D eigenvalue weighted by Gasteiger charge is -2.18. The van der Waals surface area contributed by atoms with Crippen LogP contribution in [0.2, 0.25) is 0 Å². The van der Waals surface area contributed by atoms with Gasteiger partial charge in [-0.2, -0.15) is 0 Å². The molecule has 2 aromatic carbocycles. The van der Waals surface area contributed by atoms with E-state index in [1.54, 1.807) is 18.2 Å². The largest absolute Gasteiger partial charge is 0.495 e. The third kappa shape index (κ3) is 3.08. The van der Waals surface area contributed by atoms with Crippen molar-refractivity contribution in [2.75, 3.05) is 37.2 Å². The Morgan fingerprint density at radius 3 is 2.52 bits per heavy atom. The fraction of sp³-hybridized carbons (Fsp3) is 0.188. The number of nitrogen functional groups attached to an aromatic ring is 1. The average Bonchev–Trinajstić information content (AvgIpc) is 2.47. The van der Waals surface area contributed by atoms with Crippen molar-refractivity contribution >= 4 is 23.0 Å². The second kappa shape index (κ2) is 6.17. The van der Waals surface area contributed by atoms with E-state index >= 15 is 0 Å². The summed E-state index contributed by atoms with van der Waals surface area (Å²) in [5.41, 5.74) is 8.33. The second-order valence-corrected chi connectivity index (χ2v) is 4.79. The lowest BCUT2D eigenvalue weighted by Crippen LogP contribution is -2.18. The maximum absolute atomic E-state index is 12.4. The molecule has 5 nitrogen and oxygen atoms in total. The number of nitrogens with zero attached hydrogens (tertiary/aromatic N) is 1. The number of rotatable bonds is 4. The van der Waals surface area contributed by atoms with Gasteiger partial charge in [0.15, 0.2) is 0 Å². The molecule has 0 bridgehead atoms. The molecule has 0 aromatic heterocycles. The van der Waals surface area contributed by atoms with Gasteiger partial charge in [0.05, 0.1) is 29.7 Å². The number of hydrogen-bond acceptors (Lipinski definition) is 4. The Balaban J connectivity index is 2.31. The maximum Gasteiger partial charge on any atom is 0.257 e. The zero-order valence-electron chi connectivity index (χ0n) is 12.4. The molecule has 5 heteroatoms. The van der Waals surface area contributed by atoms with Gasteiger partial charge < -0.3 is 20.7 Å². The molecule has 2 rings (SSSR count). The van der Waals surface area contributed by atoms with Crippen LogP contribution in [0.3, 0.4) is 0 Å². The van der Waals surface area contributed by atoms with Crippen LogP contribution in [0, 0.1) is 0 Å². The number of hydrogen-bond donors (Lipinski definition) is 2. The Bertz CT molecular complexity index is 654. The van der Waals surface area contributed by atoms with E-state index in [1.165, 1.54) is 7.11 Å². The van der Waals surface area contributed by atoms with Gasteiger partial charge in [-0.05, 0) is 24.3 Å². The van der Waals surface area contributed by atoms with E-state index in [4.69, 9.17) is 10.5 Å². The minimum absolute atomic E-state index is 0.263. The molecule has 0 aliphatic rings. The van der Waals surface area contributed by atoms with Crippen molar-refractivity contribution in [1.29, 1.82) is 0 Å². The Labute approximate surface area is 124 Å². The standard InChI is InChI=1S/C16H19N3O2/c1-19(2)13-9-5-4-8-12(13)18-16(20)11-7-6-10-14(21-3)15(11)17/h4-10H,17H2,1-3H3,(H,18,20). The van der Waals surface area contributed by atoms with E-state index in [2.05, 4.69) is 5.32 Å². The normalized spacial score (nSPS) is 10.0. The minimum atomic E-state index is -0.263. The number of para-hydroxylation sites is 3. The lowest BCUT2D eigenvalue weighted by atomic mass is 10.1. The molecule has 1 amide bonds. The third-order valence-electron chi connectivity index (χ3n) is 3.16. The molecule has 0 aliphatic carbocycles. The van der Waals surface area contributed by atoms with Crippen LogP contribution in [-0.2, 0) is 0 Å². The Kier molecular flexibility index (Phi) is 4.33. The molecule has 0 spiro atoms. The first-order valence-corrected chi connectivity index (χ1v) is 6.54. The van der Waals surface area contributed by atoms with Crippen molar-refractivity contribution in [1.82, 2.24) is 0 Å². The van der Waals surface area contributed by atoms with E-state index in [0.717, 1.165) is 11.4 Å². The van der Waals surface area contributed by atoms with E-state index in [-0.39, 0.29) is 5.91 Å². The number of carbonyl (C=O) groups excluding carboxylic acids is 1. The number of ether oxygens (including phenoxy) is 1. The molecule has 110 valence electrons. The number of amides is 1. The van der Waals surface area contributed by atoms with Crippen molar-refractivity contribution < 1.29 is 9.53 Å². The molecule has 0 radical (unpaired) electrons. The van der Waals surface area contributed by atoms with Gasteiger partial charge in [0.2, 0.25) is 0 Å². The molecule has 0 saturated carbocycles. The zero-order valence-corrected chi connectivity index (χ0v) is 12.4. The molecule has 0 heterocycles. The molecule has 3 N–H and O–H groups in total. The monoisotopic (exact) mass is 285 g/mol. The number of nitrogens with one attached hydrogen (secondary N) is 1. The van der Waals surface area contributed by atoms with Gasteiger partial charge in [-0.3, -0.25) is 4.79 Å². The van der Waals surface area contributed by atoms with Crippen LogP contribution in [0.1, 0.15) is 10.4 Å². The lowest BCUT2D eigenvalue weighted by molar-refractivity contribution is 0.102. The summed E-state index contributed by atoms with van der Waals surface area (Å²) in [5, 5.41) is 2.88. The first kappa shape index (κ1) is 14.7. The molecular formula is C16H19N3O2. The Morgan fingerprint density at radius 2 is 1.86 bits per heavy atom. The summed E-state index contributed by atoms with van der Waals surface area (Å²) in [6, 6.07) is 12.7. The fourth-order valence-electron chi connectivity index (χ4n) is 2.08. The Morgan fingerprint density at radius 1 is 1.14 bits per heavy atom. The first-order valence-electron chi connectivity index (χ1n) is 6.54. The number of nitrogens with two attached hydrogens (primary N) is 1. The van der Waals surface area contributed by atoms with Crippen LogP contribution in [0.15, 0.2) is 42.5 Å². The predicted octanol–water partition coefficient (Wildman–Crippen LogP) is 2.60. The number of methoxy groups -OCH3 is 1. The summed E-state index contributed by atoms with van der Waals surface area (Å²) in [6.07, 6.45) is 0. The van der Waals surface area contributed by atoms with Crippen molar-refractivity contribution in [3.63, 3.8) is 0 Å². The highest BCUT2D eigenvalue weighted by atomic mass is 16.5. The van der Waals surface area contributed by atoms with E-state index in [1.807, 2.05) is 43.3 Å². The Hall–Kier alpha value is -2.69. The van der Waals surface area contributed by atoms with Gasteiger partial charge in [-0.25, -0.2) is 0 Å². The average molecular weight is 285 g/mol. The second-order valence-electron chi connectivity index (χ2n) is 4.79. The molecule has 0 atom stereocenters. The van der Waals surface area contributed by atoms with E-state index < -0.39 is 0 Å². The van der Waals surface area contributed by atoms with Crippen LogP contribution in [-0.4, -0.2) is 27.1 Å². The molecule has 21 heavy (non-hydrogen) atoms. The maximum atomic E-state index is 12.4. The predicted molar refractivity (Wildman–Crippen MR) is 86.1 cm³/mol. The summed E-state index contributed by atoms with van der Waals surface area (Å²) < 4.78 is 5.13. The zero-order chi connectivity index (χ0) is 15.4. The van der Waals surface area contributed by atoms with Gasteiger partial charge in [0.1, 0.15) is 5.75 Å². The van der Waals surface area contributed by atoms with Crippen molar-refractivity contribution in [2.24, 2.45) is 0 Å². The highest BCUT2D eigenvalue weighted by molar-refractivity contribution is 6.09. The van der Waals surface area contributed by atoms with Crippen LogP contribution in [0.25, 0.3) is 0 Å². The summed E-state index contributed by atoms with van der Waals surface area (Å²) in [7, 11) is 5.37. The molecular weight excluding hydrogens is 266 g/mol. The van der Waals surface area contributed by atoms with Crippen LogP contribution in [0.4, 0.5) is 17.1 Å². The SMILES string of the molecule is COc1cccc(C(=O)Nc2ccccc2N(C)C)c1N. The highest BCUT2D eigenvalue weighted by Gasteiger charge is 2.14. The smallest absolute Gasteiger partial charge is 0.257 e. The fourth-order valence-corrected chi connectivity index (χ4v) is 2.08. The quantitative estimate of drug-likeness (QED) is 0.847. The number of benzene rings is 2. The summed E-state index contributed by atoms with van der Waals surface area (Å²) in [4.78, 5) is 14.3. The van der Waals surface area contributed by atoms with E-state index in [0.29, 0.717) is 17.0 Å². The summed E-state index contributed by atoms with van der Waals surface area (Å²) >= 11 is 0. The topological polar surface area (TPSA) is 67.6 Å². The van der Waals surface area contributed by atoms with Crippen LogP contribution >= 0.6 is 0 Å². The van der Waals surface area contributed by atoms with Crippen molar-refractivity contribution in [3.8, 4) is 5.75 Å². The summed E-state index contributed by atoms with van der Waals surface area (Å²) in [6.45, 7) is 0. The van der Waals surface area contributed by atoms with Crippen molar-refractivity contribution in [2.45, 2.75) is 0 Å². The summed E-state index contributed by atoms with van der Waals surface area (Å²) in [5.74, 6) is 0.226. The van der Waals surface area contributed by atoms with Gasteiger partial charge in [0.25, 0.3) is 5.91 Å². The minimum Gasteiger partial charge on any atom is -0.495 e. The molecule has 0 fully saturated rings. The molecule has 2 aromatic rings. The van der Waals surface area contributed by atoms with Crippen LogP contribution < -0.4 is 20.7 Å². The van der Waals surface area contributed by atoms with Gasteiger partial charge in [0, 0.05) is 14.1 Å². The molecule has 0 saturated heterocycles. The highest BCUT2D eigenvalue weighted by Crippen LogP contribution is 2.28. The van der Waals surface area contributed by atoms with E-state index in [9.17, 15) is 4.79 Å². The van der Waals surface area contributed by atoms with Gasteiger partial charge in [-0.15, -0.1) is 0 Å². The third-order valence-corrected chi connectivity index (χ3v) is 3.16. The van der Waals surface area contributed by atoms with Crippen LogP contribution in [0.5, 0.6) is 5.75 Å². The molecule has 0 unspecified atom stereocenters. The van der Waals surface area contributed by atoms with Gasteiger partial charge >= 0.3 is 0 Å². The number of carbonyl (C=O) groups is 1.